The molecule has 1 atom stereocenters. The molecule has 1 unspecified atom stereocenters. The van der Waals surface area contributed by atoms with Gasteiger partial charge in [-0.15, -0.1) is 0 Å². The summed E-state index contributed by atoms with van der Waals surface area (Å²) in [6, 6.07) is 0. The van der Waals surface area contributed by atoms with E-state index in [0.29, 0.717) is 26.4 Å². The third-order valence-corrected chi connectivity index (χ3v) is 6.60. The minimum Gasteiger partial charge on any atom is -0.357 e. The highest BCUT2D eigenvalue weighted by molar-refractivity contribution is 6.60. The Hall–Kier alpha value is -0.433. The molecule has 0 aromatic rings. The number of hydrogen-bond acceptors (Lipinski definition) is 4. The SMILES string of the molecule is CCCCC1CCN([Si](OCC)(OCC)OCC)C1=O. The van der Waals surface area contributed by atoms with E-state index < -0.39 is 8.97 Å². The van der Waals surface area contributed by atoms with Crippen LogP contribution in [0, 0.1) is 5.92 Å². The van der Waals surface area contributed by atoms with Gasteiger partial charge in [-0.05, 0) is 33.6 Å². The van der Waals surface area contributed by atoms with Crippen molar-refractivity contribution in [3.05, 3.63) is 0 Å². The first-order chi connectivity index (χ1) is 9.65. The van der Waals surface area contributed by atoms with Crippen LogP contribution in [0.15, 0.2) is 0 Å². The zero-order valence-corrected chi connectivity index (χ0v) is 14.3. The lowest BCUT2D eigenvalue weighted by Crippen LogP contribution is -2.62. The van der Waals surface area contributed by atoms with Gasteiger partial charge in [0, 0.05) is 32.3 Å². The van der Waals surface area contributed by atoms with Crippen LogP contribution in [0.25, 0.3) is 0 Å². The van der Waals surface area contributed by atoms with Crippen molar-refractivity contribution in [3.8, 4) is 0 Å². The van der Waals surface area contributed by atoms with Crippen LogP contribution in [-0.4, -0.2) is 45.8 Å². The van der Waals surface area contributed by atoms with Crippen molar-refractivity contribution in [3.63, 3.8) is 0 Å². The lowest BCUT2D eigenvalue weighted by molar-refractivity contribution is -0.131. The molecule has 0 aromatic heterocycles. The van der Waals surface area contributed by atoms with Crippen LogP contribution in [0.5, 0.6) is 0 Å². The summed E-state index contributed by atoms with van der Waals surface area (Å²) < 4.78 is 19.2. The monoisotopic (exact) mass is 303 g/mol. The molecule has 0 N–H and O–H groups in total. The van der Waals surface area contributed by atoms with Crippen LogP contribution in [0.1, 0.15) is 53.4 Å². The van der Waals surface area contributed by atoms with E-state index in [4.69, 9.17) is 13.3 Å². The van der Waals surface area contributed by atoms with Crippen LogP contribution in [0.3, 0.4) is 0 Å². The highest BCUT2D eigenvalue weighted by atomic mass is 28.4. The van der Waals surface area contributed by atoms with Gasteiger partial charge in [-0.3, -0.25) is 4.79 Å². The van der Waals surface area contributed by atoms with Crippen molar-refractivity contribution in [2.24, 2.45) is 5.92 Å². The summed E-state index contributed by atoms with van der Waals surface area (Å²) in [6.07, 6.45) is 4.06. The molecule has 0 radical (unpaired) electrons. The van der Waals surface area contributed by atoms with Crippen molar-refractivity contribution in [2.45, 2.75) is 53.4 Å². The molecule has 0 spiro atoms. The van der Waals surface area contributed by atoms with Gasteiger partial charge in [0.1, 0.15) is 0 Å². The van der Waals surface area contributed by atoms with E-state index in [1.165, 1.54) is 0 Å². The average molecular weight is 303 g/mol. The molecular weight excluding hydrogens is 274 g/mol. The molecule has 20 heavy (non-hydrogen) atoms. The Morgan fingerprint density at radius 3 is 2.10 bits per heavy atom. The van der Waals surface area contributed by atoms with Gasteiger partial charge in [-0.2, -0.15) is 0 Å². The fraction of sp³-hybridized carbons (Fsp3) is 0.929. The van der Waals surface area contributed by atoms with E-state index in [1.54, 1.807) is 4.57 Å². The number of rotatable bonds is 10. The Morgan fingerprint density at radius 1 is 1.10 bits per heavy atom. The third-order valence-electron chi connectivity index (χ3n) is 3.53. The standard InChI is InChI=1S/C14H29NO4Si/c1-5-9-10-13-11-12-15(14(13)16)20(17-6-2,18-7-3)19-8-4/h13H,5-12H2,1-4H3. The Morgan fingerprint density at radius 2 is 1.65 bits per heavy atom. The quantitative estimate of drug-likeness (QED) is 0.582. The molecule has 0 saturated carbocycles. The van der Waals surface area contributed by atoms with E-state index in [2.05, 4.69) is 6.92 Å². The molecule has 6 heteroatoms. The maximum Gasteiger partial charge on any atom is 0.635 e. The van der Waals surface area contributed by atoms with E-state index in [9.17, 15) is 4.79 Å². The van der Waals surface area contributed by atoms with Crippen molar-refractivity contribution < 1.29 is 18.1 Å². The highest BCUT2D eigenvalue weighted by Crippen LogP contribution is 2.29. The summed E-state index contributed by atoms with van der Waals surface area (Å²) in [6.45, 7) is 10.1. The summed E-state index contributed by atoms with van der Waals surface area (Å²) in [5.41, 5.74) is 0. The Bertz CT molecular complexity index is 284. The number of carbonyl (C=O) groups is 1. The second-order valence-corrected chi connectivity index (χ2v) is 7.39. The minimum absolute atomic E-state index is 0.114. The van der Waals surface area contributed by atoms with Crippen molar-refractivity contribution in [2.75, 3.05) is 26.4 Å². The van der Waals surface area contributed by atoms with E-state index in [-0.39, 0.29) is 11.8 Å². The minimum atomic E-state index is -3.02. The molecule has 118 valence electrons. The van der Waals surface area contributed by atoms with Gasteiger partial charge in [0.25, 0.3) is 0 Å². The molecule has 1 amide bonds. The van der Waals surface area contributed by atoms with Crippen LogP contribution >= 0.6 is 0 Å². The topological polar surface area (TPSA) is 48.0 Å². The molecule has 0 aliphatic carbocycles. The normalized spacial score (nSPS) is 19.9. The number of nitrogens with zero attached hydrogens (tertiary/aromatic N) is 1. The number of carbonyl (C=O) groups excluding carboxylic acids is 1. The maximum absolute atomic E-state index is 12.6. The molecular formula is C14H29NO4Si. The van der Waals surface area contributed by atoms with E-state index in [0.717, 1.165) is 25.7 Å². The van der Waals surface area contributed by atoms with Gasteiger partial charge < -0.3 is 17.8 Å². The van der Waals surface area contributed by atoms with E-state index >= 15 is 0 Å². The first-order valence-corrected chi connectivity index (χ1v) is 9.55. The highest BCUT2D eigenvalue weighted by Gasteiger charge is 2.55. The van der Waals surface area contributed by atoms with Gasteiger partial charge in [0.2, 0.25) is 5.91 Å². The predicted molar refractivity (Wildman–Crippen MR) is 80.0 cm³/mol. The molecule has 0 aromatic carbocycles. The zero-order chi connectivity index (χ0) is 15.0. The third kappa shape index (κ3) is 4.04. The van der Waals surface area contributed by atoms with Gasteiger partial charge in [-0.1, -0.05) is 19.8 Å². The van der Waals surface area contributed by atoms with Crippen molar-refractivity contribution in [1.82, 2.24) is 4.57 Å². The second-order valence-electron chi connectivity index (χ2n) is 4.94. The summed E-state index contributed by atoms with van der Waals surface area (Å²) >= 11 is 0. The Balaban J connectivity index is 2.82. The summed E-state index contributed by atoms with van der Waals surface area (Å²) in [5, 5.41) is 0. The Kier molecular flexibility index (Phi) is 7.72. The fourth-order valence-corrected chi connectivity index (χ4v) is 5.30. The molecule has 0 bridgehead atoms. The Labute approximate surface area is 124 Å². The molecule has 1 heterocycles. The number of unbranched alkanes of at least 4 members (excludes halogenated alkanes) is 1. The van der Waals surface area contributed by atoms with Crippen LogP contribution in [0.4, 0.5) is 0 Å². The second kappa shape index (κ2) is 8.77. The van der Waals surface area contributed by atoms with Crippen LogP contribution in [-0.2, 0) is 18.1 Å². The van der Waals surface area contributed by atoms with Crippen LogP contribution < -0.4 is 0 Å². The number of amides is 1. The molecule has 1 aliphatic rings. The molecule has 1 rings (SSSR count). The largest absolute Gasteiger partial charge is 0.635 e. The lowest BCUT2D eigenvalue weighted by atomic mass is 10.0. The predicted octanol–water partition coefficient (Wildman–Crippen LogP) is 2.57. The van der Waals surface area contributed by atoms with Crippen LogP contribution in [0.2, 0.25) is 0 Å². The zero-order valence-electron chi connectivity index (χ0n) is 13.3. The van der Waals surface area contributed by atoms with E-state index in [1.807, 2.05) is 20.8 Å². The molecule has 1 saturated heterocycles. The first-order valence-electron chi connectivity index (χ1n) is 7.88. The fourth-order valence-electron chi connectivity index (χ4n) is 2.64. The van der Waals surface area contributed by atoms with Crippen molar-refractivity contribution >= 4 is 14.9 Å². The molecule has 5 nitrogen and oxygen atoms in total. The molecule has 1 aliphatic heterocycles. The van der Waals surface area contributed by atoms with Gasteiger partial charge in [-0.25, -0.2) is 0 Å². The summed E-state index contributed by atoms with van der Waals surface area (Å²) in [7, 11) is -3.02. The summed E-state index contributed by atoms with van der Waals surface area (Å²) in [4.78, 5) is 12.6. The molecule has 1 fully saturated rings. The number of hydrogen-bond donors (Lipinski definition) is 0. The summed E-state index contributed by atoms with van der Waals surface area (Å²) in [5.74, 6) is 0.267. The van der Waals surface area contributed by atoms with Gasteiger partial charge in [0.15, 0.2) is 0 Å². The maximum atomic E-state index is 12.6. The van der Waals surface area contributed by atoms with Gasteiger partial charge >= 0.3 is 8.97 Å². The first kappa shape index (κ1) is 17.6. The smallest absolute Gasteiger partial charge is 0.357 e. The average Bonchev–Trinajstić information content (AvgIpc) is 2.79. The lowest BCUT2D eigenvalue weighted by Gasteiger charge is -2.35. The van der Waals surface area contributed by atoms with Gasteiger partial charge in [0.05, 0.1) is 0 Å². The van der Waals surface area contributed by atoms with Crippen molar-refractivity contribution in [1.29, 1.82) is 0 Å².